The number of rotatable bonds is 4. The number of likely N-dealkylation sites (N-methyl/N-ethyl adjacent to an activating group) is 1. The zero-order valence-corrected chi connectivity index (χ0v) is 13.3. The first-order valence-electron chi connectivity index (χ1n) is 6.92. The van der Waals surface area contributed by atoms with E-state index in [1.54, 1.807) is 0 Å². The van der Waals surface area contributed by atoms with Gasteiger partial charge in [0.05, 0.1) is 6.04 Å². The van der Waals surface area contributed by atoms with Crippen LogP contribution in [0, 0.1) is 0 Å². The fourth-order valence-electron chi connectivity index (χ4n) is 2.41. The molecule has 2 atom stereocenters. The number of aromatic nitrogens is 1. The summed E-state index contributed by atoms with van der Waals surface area (Å²) in [5.41, 5.74) is 1.03. The van der Waals surface area contributed by atoms with Crippen molar-refractivity contribution >= 4 is 15.9 Å². The van der Waals surface area contributed by atoms with Crippen molar-refractivity contribution in [1.29, 1.82) is 0 Å². The number of hydrogen-bond acceptors (Lipinski definition) is 4. The molecule has 0 spiro atoms. The lowest BCUT2D eigenvalue weighted by molar-refractivity contribution is 0.0638. The topological polar surface area (TPSA) is 43.4 Å². The molecule has 0 bridgehead atoms. The molecule has 0 fully saturated rings. The molecule has 0 radical (unpaired) electrons. The Morgan fingerprint density at radius 3 is 2.81 bits per heavy atom. The highest BCUT2D eigenvalue weighted by Gasteiger charge is 2.28. The van der Waals surface area contributed by atoms with Gasteiger partial charge in [0.25, 0.3) is 0 Å². The summed E-state index contributed by atoms with van der Waals surface area (Å²) in [5.74, 6) is 1.61. The summed E-state index contributed by atoms with van der Waals surface area (Å²) in [7, 11) is 1.94. The second-order valence-electron chi connectivity index (χ2n) is 4.98. The quantitative estimate of drug-likeness (QED) is 0.922. The number of fused-ring (bicyclic) bond motifs is 1. The second-order valence-corrected chi connectivity index (χ2v) is 5.90. The fraction of sp³-hybridized carbons (Fsp3) is 0.312. The number of para-hydroxylation sites is 2. The Morgan fingerprint density at radius 1 is 1.29 bits per heavy atom. The summed E-state index contributed by atoms with van der Waals surface area (Å²) in [6, 6.07) is 11.9. The van der Waals surface area contributed by atoms with Gasteiger partial charge in [-0.3, -0.25) is 4.98 Å². The van der Waals surface area contributed by atoms with Gasteiger partial charge in [-0.2, -0.15) is 0 Å². The third-order valence-corrected chi connectivity index (χ3v) is 4.04. The lowest BCUT2D eigenvalue weighted by Crippen LogP contribution is -2.47. The van der Waals surface area contributed by atoms with Crippen LogP contribution in [0.3, 0.4) is 0 Å². The molecule has 2 aromatic rings. The second kappa shape index (κ2) is 6.45. The smallest absolute Gasteiger partial charge is 0.161 e. The van der Waals surface area contributed by atoms with Crippen LogP contribution in [0.5, 0.6) is 11.5 Å². The van der Waals surface area contributed by atoms with E-state index in [9.17, 15) is 0 Å². The monoisotopic (exact) mass is 348 g/mol. The van der Waals surface area contributed by atoms with Gasteiger partial charge < -0.3 is 14.8 Å². The van der Waals surface area contributed by atoms with Gasteiger partial charge in [-0.05, 0) is 47.2 Å². The first-order valence-corrected chi connectivity index (χ1v) is 7.72. The molecule has 1 aromatic heterocycles. The molecule has 0 saturated heterocycles. The molecule has 0 saturated carbocycles. The predicted octanol–water partition coefficient (Wildman–Crippen LogP) is 2.81. The Morgan fingerprint density at radius 2 is 2.10 bits per heavy atom. The van der Waals surface area contributed by atoms with Crippen molar-refractivity contribution in [2.75, 3.05) is 13.7 Å². The predicted molar refractivity (Wildman–Crippen MR) is 84.8 cm³/mol. The van der Waals surface area contributed by atoms with Crippen LogP contribution in [-0.4, -0.2) is 30.8 Å². The average Bonchev–Trinajstić information content (AvgIpc) is 2.54. The van der Waals surface area contributed by atoms with Gasteiger partial charge in [0.1, 0.15) is 12.7 Å². The minimum atomic E-state index is -0.0321. The van der Waals surface area contributed by atoms with Crippen LogP contribution in [-0.2, 0) is 6.42 Å². The van der Waals surface area contributed by atoms with Gasteiger partial charge >= 0.3 is 0 Å². The normalized spacial score (nSPS) is 18.3. The molecule has 1 aromatic carbocycles. The minimum Gasteiger partial charge on any atom is -0.486 e. The molecular formula is C16H17BrN2O2. The van der Waals surface area contributed by atoms with Crippen molar-refractivity contribution in [3.05, 3.63) is 52.8 Å². The molecule has 2 unspecified atom stereocenters. The molecule has 1 aliphatic heterocycles. The number of ether oxygens (including phenoxy) is 2. The SMILES string of the molecule is CNC(Cc1ccc(Br)cn1)C1COc2ccccc2O1. The summed E-state index contributed by atoms with van der Waals surface area (Å²) in [4.78, 5) is 4.42. The number of halogens is 1. The van der Waals surface area contributed by atoms with Crippen LogP contribution < -0.4 is 14.8 Å². The molecule has 3 rings (SSSR count). The lowest BCUT2D eigenvalue weighted by Gasteiger charge is -2.32. The molecule has 2 heterocycles. The Hall–Kier alpha value is -1.59. The summed E-state index contributed by atoms with van der Waals surface area (Å²) in [5, 5.41) is 3.31. The van der Waals surface area contributed by atoms with Gasteiger partial charge in [-0.1, -0.05) is 12.1 Å². The van der Waals surface area contributed by atoms with Gasteiger partial charge in [-0.15, -0.1) is 0 Å². The third-order valence-electron chi connectivity index (χ3n) is 3.57. The summed E-state index contributed by atoms with van der Waals surface area (Å²) in [6.07, 6.45) is 2.57. The number of hydrogen-bond donors (Lipinski definition) is 1. The van der Waals surface area contributed by atoms with E-state index in [1.807, 2.05) is 49.6 Å². The molecule has 0 aliphatic carbocycles. The van der Waals surface area contributed by atoms with Gasteiger partial charge in [0, 0.05) is 22.8 Å². The van der Waals surface area contributed by atoms with Crippen molar-refractivity contribution in [3.8, 4) is 11.5 Å². The first-order chi connectivity index (χ1) is 10.3. The highest BCUT2D eigenvalue weighted by molar-refractivity contribution is 9.10. The van der Waals surface area contributed by atoms with Crippen LogP contribution in [0.15, 0.2) is 47.1 Å². The van der Waals surface area contributed by atoms with E-state index < -0.39 is 0 Å². The van der Waals surface area contributed by atoms with E-state index >= 15 is 0 Å². The van der Waals surface area contributed by atoms with Crippen molar-refractivity contribution in [2.45, 2.75) is 18.6 Å². The molecule has 110 valence electrons. The van der Waals surface area contributed by atoms with E-state index in [2.05, 4.69) is 26.2 Å². The van der Waals surface area contributed by atoms with Crippen LogP contribution in [0.25, 0.3) is 0 Å². The van der Waals surface area contributed by atoms with Crippen molar-refractivity contribution < 1.29 is 9.47 Å². The van der Waals surface area contributed by atoms with Crippen LogP contribution in [0.4, 0.5) is 0 Å². The van der Waals surface area contributed by atoms with Gasteiger partial charge in [0.2, 0.25) is 0 Å². The highest BCUT2D eigenvalue weighted by atomic mass is 79.9. The standard InChI is InChI=1S/C16H17BrN2O2/c1-18-13(8-12-7-6-11(17)9-19-12)16-10-20-14-4-2-3-5-15(14)21-16/h2-7,9,13,16,18H,8,10H2,1H3. The number of nitrogens with one attached hydrogen (secondary N) is 1. The van der Waals surface area contributed by atoms with Crippen LogP contribution in [0.1, 0.15) is 5.69 Å². The Kier molecular flexibility index (Phi) is 4.41. The first kappa shape index (κ1) is 14.4. The van der Waals surface area contributed by atoms with E-state index in [0.717, 1.165) is 28.1 Å². The maximum atomic E-state index is 6.06. The van der Waals surface area contributed by atoms with Crippen molar-refractivity contribution in [1.82, 2.24) is 10.3 Å². The molecule has 1 N–H and O–H groups in total. The minimum absolute atomic E-state index is 0.0321. The maximum Gasteiger partial charge on any atom is 0.161 e. The van der Waals surface area contributed by atoms with E-state index in [-0.39, 0.29) is 12.1 Å². The molecule has 4 nitrogen and oxygen atoms in total. The Balaban J connectivity index is 1.71. The molecular weight excluding hydrogens is 332 g/mol. The zero-order chi connectivity index (χ0) is 14.7. The van der Waals surface area contributed by atoms with Crippen molar-refractivity contribution in [3.63, 3.8) is 0 Å². The van der Waals surface area contributed by atoms with E-state index in [0.29, 0.717) is 6.61 Å². The molecule has 0 amide bonds. The van der Waals surface area contributed by atoms with Crippen LogP contribution in [0.2, 0.25) is 0 Å². The van der Waals surface area contributed by atoms with Crippen LogP contribution >= 0.6 is 15.9 Å². The maximum absolute atomic E-state index is 6.06. The number of nitrogens with zero attached hydrogens (tertiary/aromatic N) is 1. The van der Waals surface area contributed by atoms with Crippen molar-refractivity contribution in [2.24, 2.45) is 0 Å². The van der Waals surface area contributed by atoms with E-state index in [4.69, 9.17) is 9.47 Å². The molecule has 1 aliphatic rings. The zero-order valence-electron chi connectivity index (χ0n) is 11.8. The lowest BCUT2D eigenvalue weighted by atomic mass is 10.0. The summed E-state index contributed by atoms with van der Waals surface area (Å²) < 4.78 is 12.8. The largest absolute Gasteiger partial charge is 0.486 e. The average molecular weight is 349 g/mol. The molecule has 5 heteroatoms. The van der Waals surface area contributed by atoms with E-state index in [1.165, 1.54) is 0 Å². The number of benzene rings is 1. The number of pyridine rings is 1. The van der Waals surface area contributed by atoms with Gasteiger partial charge in [0.15, 0.2) is 11.5 Å². The summed E-state index contributed by atoms with van der Waals surface area (Å²) in [6.45, 7) is 0.541. The Labute approximate surface area is 132 Å². The third kappa shape index (κ3) is 3.36. The van der Waals surface area contributed by atoms with Gasteiger partial charge in [-0.25, -0.2) is 0 Å². The fourth-order valence-corrected chi connectivity index (χ4v) is 2.64. The highest BCUT2D eigenvalue weighted by Crippen LogP contribution is 2.31. The summed E-state index contributed by atoms with van der Waals surface area (Å²) >= 11 is 3.40. The Bertz CT molecular complexity index is 603. The molecule has 21 heavy (non-hydrogen) atoms.